The van der Waals surface area contributed by atoms with Crippen LogP contribution in [0.25, 0.3) is 10.2 Å². The van der Waals surface area contributed by atoms with Crippen molar-refractivity contribution in [2.24, 2.45) is 0 Å². The van der Waals surface area contributed by atoms with E-state index in [4.69, 9.17) is 9.72 Å². The zero-order valence-corrected chi connectivity index (χ0v) is 24.2. The van der Waals surface area contributed by atoms with E-state index in [1.807, 2.05) is 18.2 Å². The maximum Gasteiger partial charge on any atom is 0.264 e. The molecule has 5 rings (SSSR count). The average molecular weight is 580 g/mol. The molecule has 210 valence electrons. The summed E-state index contributed by atoms with van der Waals surface area (Å²) in [5.41, 5.74) is 1.94. The van der Waals surface area contributed by atoms with Crippen molar-refractivity contribution in [1.29, 1.82) is 0 Å². The van der Waals surface area contributed by atoms with Crippen molar-refractivity contribution in [3.63, 3.8) is 0 Å². The maximum absolute atomic E-state index is 13.2. The Hall–Kier alpha value is -3.67. The second-order valence-corrected chi connectivity index (χ2v) is 12.3. The Kier molecular flexibility index (Phi) is 8.53. The number of nitrogens with zero attached hydrogens (tertiary/aromatic N) is 4. The van der Waals surface area contributed by atoms with Crippen molar-refractivity contribution in [1.82, 2.24) is 15.2 Å². The average Bonchev–Trinajstić information content (AvgIpc) is 3.43. The number of benzene rings is 3. The third-order valence-corrected chi connectivity index (χ3v) is 9.98. The lowest BCUT2D eigenvalue weighted by atomic mass is 10.2. The van der Waals surface area contributed by atoms with Gasteiger partial charge in [0.05, 0.1) is 22.4 Å². The number of amides is 1. The van der Waals surface area contributed by atoms with Gasteiger partial charge in [-0.1, -0.05) is 35.6 Å². The van der Waals surface area contributed by atoms with Crippen LogP contribution in [0.1, 0.15) is 17.3 Å². The summed E-state index contributed by atoms with van der Waals surface area (Å²) in [5.74, 6) is 0.571. The maximum atomic E-state index is 13.2. The first-order valence-corrected chi connectivity index (χ1v) is 15.5. The molecule has 1 aromatic heterocycles. The molecule has 2 heterocycles. The molecule has 0 atom stereocenters. The van der Waals surface area contributed by atoms with Crippen LogP contribution in [0.5, 0.6) is 5.75 Å². The van der Waals surface area contributed by atoms with Crippen molar-refractivity contribution in [2.75, 3.05) is 62.1 Å². The molecule has 1 fully saturated rings. The van der Waals surface area contributed by atoms with E-state index in [1.54, 1.807) is 61.8 Å². The van der Waals surface area contributed by atoms with E-state index < -0.39 is 10.0 Å². The Morgan fingerprint density at radius 1 is 1.00 bits per heavy atom. The van der Waals surface area contributed by atoms with E-state index >= 15 is 0 Å². The molecule has 0 unspecified atom stereocenters. The molecule has 0 bridgehead atoms. The largest absolute Gasteiger partial charge is 0.494 e. The number of thiazole rings is 1. The second kappa shape index (κ2) is 12.2. The number of carbonyl (C=O) groups is 1. The van der Waals surface area contributed by atoms with E-state index in [-0.39, 0.29) is 10.8 Å². The van der Waals surface area contributed by atoms with Crippen LogP contribution in [0.15, 0.2) is 77.7 Å². The monoisotopic (exact) mass is 579 g/mol. The van der Waals surface area contributed by atoms with Crippen LogP contribution in [0.4, 0.5) is 10.8 Å². The van der Waals surface area contributed by atoms with Gasteiger partial charge in [-0.25, -0.2) is 13.4 Å². The molecule has 3 aromatic carbocycles. The van der Waals surface area contributed by atoms with Crippen LogP contribution in [0.3, 0.4) is 0 Å². The van der Waals surface area contributed by atoms with Gasteiger partial charge in [0, 0.05) is 51.4 Å². The number of para-hydroxylation sites is 2. The second-order valence-electron chi connectivity index (χ2n) is 9.42. The number of piperazine rings is 1. The number of hydrogen-bond acceptors (Lipinski definition) is 8. The van der Waals surface area contributed by atoms with Crippen LogP contribution >= 0.6 is 11.3 Å². The first kappa shape index (κ1) is 27.9. The number of ether oxygens (including phenoxy) is 1. The van der Waals surface area contributed by atoms with Gasteiger partial charge in [0.15, 0.2) is 5.13 Å². The third-order valence-electron chi connectivity index (χ3n) is 6.98. The molecule has 0 aliphatic carbocycles. The highest BCUT2D eigenvalue weighted by molar-refractivity contribution is 7.92. The van der Waals surface area contributed by atoms with Gasteiger partial charge in [0.2, 0.25) is 0 Å². The lowest BCUT2D eigenvalue weighted by Gasteiger charge is -2.34. The molecule has 1 saturated heterocycles. The molecular formula is C29H33N5O4S2. The van der Waals surface area contributed by atoms with Gasteiger partial charge in [-0.3, -0.25) is 14.0 Å². The van der Waals surface area contributed by atoms with E-state index in [1.165, 1.54) is 16.4 Å². The predicted molar refractivity (Wildman–Crippen MR) is 160 cm³/mol. The normalized spacial score (nSPS) is 14.3. The highest BCUT2D eigenvalue weighted by Crippen LogP contribution is 2.34. The van der Waals surface area contributed by atoms with Crippen LogP contribution < -0.4 is 19.3 Å². The number of rotatable bonds is 10. The Morgan fingerprint density at radius 3 is 2.40 bits per heavy atom. The van der Waals surface area contributed by atoms with Crippen LogP contribution in [-0.2, 0) is 10.0 Å². The number of hydrogen-bond donors (Lipinski definition) is 1. The van der Waals surface area contributed by atoms with Gasteiger partial charge in [0.1, 0.15) is 11.3 Å². The first-order valence-electron chi connectivity index (χ1n) is 13.3. The number of aromatic nitrogens is 1. The summed E-state index contributed by atoms with van der Waals surface area (Å²) >= 11 is 1.68. The van der Waals surface area contributed by atoms with E-state index in [0.717, 1.165) is 53.8 Å². The standard InChI is InChI=1S/C29H33N5O4S2/c1-3-34(23-8-5-4-6-9-23)40(36,37)24-14-12-22(13-15-24)28(35)30-16-17-32-18-20-33(21-19-32)29-31-27-25(38-2)10-7-11-26(27)39-29/h4-15H,3,16-21H2,1-2H3,(H,30,35). The SMILES string of the molecule is CCN(c1ccccc1)S(=O)(=O)c1ccc(C(=O)NCCN2CCN(c3nc4c(OC)cccc4s3)CC2)cc1. The number of anilines is 2. The van der Waals surface area contributed by atoms with Crippen molar-refractivity contribution in [3.8, 4) is 5.75 Å². The molecule has 0 radical (unpaired) electrons. The van der Waals surface area contributed by atoms with Gasteiger partial charge in [-0.15, -0.1) is 0 Å². The first-order chi connectivity index (χ1) is 19.4. The summed E-state index contributed by atoms with van der Waals surface area (Å²) in [5, 5.41) is 3.96. The summed E-state index contributed by atoms with van der Waals surface area (Å²) in [6.45, 7) is 6.84. The van der Waals surface area contributed by atoms with Gasteiger partial charge in [-0.2, -0.15) is 0 Å². The molecule has 40 heavy (non-hydrogen) atoms. The lowest BCUT2D eigenvalue weighted by molar-refractivity contribution is 0.0947. The smallest absolute Gasteiger partial charge is 0.264 e. The third kappa shape index (κ3) is 5.91. The molecule has 0 spiro atoms. The van der Waals surface area contributed by atoms with E-state index in [0.29, 0.717) is 24.3 Å². The predicted octanol–water partition coefficient (Wildman–Crippen LogP) is 4.07. The van der Waals surface area contributed by atoms with Crippen molar-refractivity contribution in [2.45, 2.75) is 11.8 Å². The number of fused-ring (bicyclic) bond motifs is 1. The number of nitrogens with one attached hydrogen (secondary N) is 1. The fourth-order valence-corrected chi connectivity index (χ4v) is 7.30. The molecule has 0 saturated carbocycles. The minimum atomic E-state index is -3.73. The molecule has 1 N–H and O–H groups in total. The highest BCUT2D eigenvalue weighted by atomic mass is 32.2. The Morgan fingerprint density at radius 2 is 1.73 bits per heavy atom. The van der Waals surface area contributed by atoms with Gasteiger partial charge >= 0.3 is 0 Å². The zero-order valence-electron chi connectivity index (χ0n) is 22.6. The molecule has 4 aromatic rings. The van der Waals surface area contributed by atoms with E-state index in [9.17, 15) is 13.2 Å². The fourth-order valence-electron chi connectivity index (χ4n) is 4.79. The summed E-state index contributed by atoms with van der Waals surface area (Å²) in [6, 6.07) is 21.1. The molecular weight excluding hydrogens is 546 g/mol. The summed E-state index contributed by atoms with van der Waals surface area (Å²) in [4.78, 5) is 22.3. The van der Waals surface area contributed by atoms with Gasteiger partial charge in [-0.05, 0) is 55.5 Å². The van der Waals surface area contributed by atoms with Gasteiger partial charge in [0.25, 0.3) is 15.9 Å². The minimum absolute atomic E-state index is 0.152. The summed E-state index contributed by atoms with van der Waals surface area (Å²) in [7, 11) is -2.07. The number of sulfonamides is 1. The summed E-state index contributed by atoms with van der Waals surface area (Å²) < 4.78 is 34.3. The fraction of sp³-hybridized carbons (Fsp3) is 0.310. The molecule has 1 aliphatic rings. The molecule has 1 aliphatic heterocycles. The van der Waals surface area contributed by atoms with Gasteiger partial charge < -0.3 is 15.0 Å². The highest BCUT2D eigenvalue weighted by Gasteiger charge is 2.24. The van der Waals surface area contributed by atoms with Crippen molar-refractivity contribution < 1.29 is 17.9 Å². The Labute approximate surface area is 239 Å². The minimum Gasteiger partial charge on any atom is -0.494 e. The van der Waals surface area contributed by atoms with Crippen LogP contribution in [-0.4, -0.2) is 77.1 Å². The van der Waals surface area contributed by atoms with Crippen molar-refractivity contribution >= 4 is 48.3 Å². The molecule has 1 amide bonds. The quantitative estimate of drug-likeness (QED) is 0.303. The van der Waals surface area contributed by atoms with Crippen molar-refractivity contribution in [3.05, 3.63) is 78.4 Å². The molecule has 9 nitrogen and oxygen atoms in total. The summed E-state index contributed by atoms with van der Waals surface area (Å²) in [6.07, 6.45) is 0. The topological polar surface area (TPSA) is 95.1 Å². The van der Waals surface area contributed by atoms with E-state index in [2.05, 4.69) is 21.2 Å². The number of carbonyl (C=O) groups excluding carboxylic acids is 1. The lowest BCUT2D eigenvalue weighted by Crippen LogP contribution is -2.48. The Bertz CT molecular complexity index is 1550. The Balaban J connectivity index is 1.11. The zero-order chi connectivity index (χ0) is 28.1. The number of methoxy groups -OCH3 is 1. The molecule has 11 heteroatoms. The van der Waals surface area contributed by atoms with Crippen LogP contribution in [0.2, 0.25) is 0 Å². The van der Waals surface area contributed by atoms with Crippen LogP contribution in [0, 0.1) is 0 Å².